The zero-order chi connectivity index (χ0) is 34.9. The summed E-state index contributed by atoms with van der Waals surface area (Å²) in [6.45, 7) is 25.6. The van der Waals surface area contributed by atoms with Crippen molar-refractivity contribution in [3.8, 4) is 23.0 Å². The lowest BCUT2D eigenvalue weighted by atomic mass is 9.79. The van der Waals surface area contributed by atoms with Crippen molar-refractivity contribution in [1.29, 1.82) is 0 Å². The van der Waals surface area contributed by atoms with Gasteiger partial charge in [-0.3, -0.25) is 0 Å². The molecule has 0 atom stereocenters. The number of carbonyl (C=O) groups is 2. The lowest BCUT2D eigenvalue weighted by Crippen LogP contribution is -2.19. The van der Waals surface area contributed by atoms with Gasteiger partial charge >= 0.3 is 11.9 Å². The Morgan fingerprint density at radius 1 is 0.383 bits per heavy atom. The van der Waals surface area contributed by atoms with E-state index in [0.717, 1.165) is 22.3 Å². The van der Waals surface area contributed by atoms with E-state index in [1.165, 1.54) is 0 Å². The number of hydrogen-bond acceptors (Lipinski definition) is 5. The van der Waals surface area contributed by atoms with Crippen molar-refractivity contribution in [3.63, 3.8) is 0 Å². The molecule has 0 aliphatic rings. The summed E-state index contributed by atoms with van der Waals surface area (Å²) in [6.07, 6.45) is 0. The largest absolute Gasteiger partial charge is 0.457 e. The van der Waals surface area contributed by atoms with Crippen molar-refractivity contribution in [2.75, 3.05) is 0 Å². The Morgan fingerprint density at radius 2 is 0.617 bits per heavy atom. The average Bonchev–Trinajstić information content (AvgIpc) is 2.97. The molecule has 0 aliphatic carbocycles. The van der Waals surface area contributed by atoms with Crippen LogP contribution in [0.25, 0.3) is 0 Å². The third-order valence-electron chi connectivity index (χ3n) is 8.11. The van der Waals surface area contributed by atoms with E-state index in [1.807, 2.05) is 24.3 Å². The summed E-state index contributed by atoms with van der Waals surface area (Å²) in [5, 5.41) is 0. The fourth-order valence-electron chi connectivity index (χ4n) is 4.84. The van der Waals surface area contributed by atoms with Crippen molar-refractivity contribution in [2.24, 2.45) is 0 Å². The first-order chi connectivity index (χ1) is 21.6. The lowest BCUT2D eigenvalue weighted by molar-refractivity contribution is 0.0724. The minimum absolute atomic E-state index is 0.108. The van der Waals surface area contributed by atoms with Gasteiger partial charge in [-0.1, -0.05) is 95.2 Å². The van der Waals surface area contributed by atoms with Crippen LogP contribution < -0.4 is 14.2 Å². The summed E-state index contributed by atoms with van der Waals surface area (Å²) in [7, 11) is 0. The minimum Gasteiger partial charge on any atom is -0.457 e. The molecule has 0 N–H and O–H groups in total. The summed E-state index contributed by atoms with van der Waals surface area (Å²) >= 11 is 0. The second-order valence-electron chi connectivity index (χ2n) is 16.4. The Bertz CT molecular complexity index is 1540. The third-order valence-corrected chi connectivity index (χ3v) is 8.11. The van der Waals surface area contributed by atoms with Gasteiger partial charge in [0.2, 0.25) is 0 Å². The molecule has 0 saturated heterocycles. The van der Waals surface area contributed by atoms with Crippen LogP contribution in [0, 0.1) is 0 Å². The summed E-state index contributed by atoms with van der Waals surface area (Å²) in [5.41, 5.74) is 4.98. The minimum atomic E-state index is -0.403. The SMILES string of the molecule is CC(C)(C)c1cc(C(=O)Oc2ccc(Oc3ccc(OC(=O)c4cc(C(C)(C)C)cc(C(C)(C)C)c4)cc3)cc2)cc(C(C)(C)C)c1. The van der Waals surface area contributed by atoms with Gasteiger partial charge in [0, 0.05) is 0 Å². The molecule has 0 spiro atoms. The molecule has 0 fully saturated rings. The van der Waals surface area contributed by atoms with Crippen LogP contribution in [0.2, 0.25) is 0 Å². The van der Waals surface area contributed by atoms with Crippen molar-refractivity contribution in [3.05, 3.63) is 118 Å². The summed E-state index contributed by atoms with van der Waals surface area (Å²) in [4.78, 5) is 26.4. The zero-order valence-corrected chi connectivity index (χ0v) is 30.1. The Balaban J connectivity index is 1.42. The average molecular weight is 635 g/mol. The van der Waals surface area contributed by atoms with Crippen LogP contribution in [0.5, 0.6) is 23.0 Å². The Hall–Kier alpha value is -4.38. The highest BCUT2D eigenvalue weighted by Gasteiger charge is 2.24. The second kappa shape index (κ2) is 13.0. The number of esters is 2. The van der Waals surface area contributed by atoms with Crippen LogP contribution >= 0.6 is 0 Å². The molecule has 0 unspecified atom stereocenters. The molecule has 0 aliphatic heterocycles. The van der Waals surface area contributed by atoms with Gasteiger partial charge in [-0.05, 0) is 117 Å². The highest BCUT2D eigenvalue weighted by molar-refractivity contribution is 5.92. The van der Waals surface area contributed by atoms with Crippen LogP contribution in [-0.2, 0) is 21.7 Å². The van der Waals surface area contributed by atoms with Crippen LogP contribution in [0.3, 0.4) is 0 Å². The maximum atomic E-state index is 13.2. The molecule has 4 aromatic carbocycles. The zero-order valence-electron chi connectivity index (χ0n) is 30.1. The van der Waals surface area contributed by atoms with E-state index in [2.05, 4.69) is 95.2 Å². The molecule has 47 heavy (non-hydrogen) atoms. The summed E-state index contributed by atoms with van der Waals surface area (Å²) in [6, 6.07) is 25.8. The normalized spacial score (nSPS) is 12.4. The van der Waals surface area contributed by atoms with Crippen molar-refractivity contribution >= 4 is 11.9 Å². The van der Waals surface area contributed by atoms with Gasteiger partial charge in [0.05, 0.1) is 11.1 Å². The van der Waals surface area contributed by atoms with Crippen molar-refractivity contribution < 1.29 is 23.8 Å². The van der Waals surface area contributed by atoms with E-state index in [4.69, 9.17) is 14.2 Å². The Labute approximate surface area is 281 Å². The van der Waals surface area contributed by atoms with Crippen molar-refractivity contribution in [2.45, 2.75) is 105 Å². The number of rotatable bonds is 6. The molecule has 248 valence electrons. The Kier molecular flexibility index (Phi) is 9.83. The summed E-state index contributed by atoms with van der Waals surface area (Å²) < 4.78 is 17.5. The highest BCUT2D eigenvalue weighted by Crippen LogP contribution is 2.33. The maximum absolute atomic E-state index is 13.2. The molecule has 4 aromatic rings. The van der Waals surface area contributed by atoms with E-state index in [9.17, 15) is 9.59 Å². The standard InChI is InChI=1S/C42H50O5/c1-39(2,3)29-21-27(22-30(25-29)40(4,5)6)37(43)46-35-17-13-33(14-18-35)45-34-15-19-36(20-16-34)47-38(44)28-23-31(41(7,8)9)26-32(24-28)42(10,11)12/h13-26H,1-12H3. The van der Waals surface area contributed by atoms with Gasteiger partial charge in [-0.25, -0.2) is 9.59 Å². The molecular weight excluding hydrogens is 584 g/mol. The quantitative estimate of drug-likeness (QED) is 0.156. The van der Waals surface area contributed by atoms with Crippen LogP contribution in [-0.4, -0.2) is 11.9 Å². The predicted octanol–water partition coefficient (Wildman–Crippen LogP) is 11.1. The molecule has 0 radical (unpaired) electrons. The first-order valence-corrected chi connectivity index (χ1v) is 16.2. The van der Waals surface area contributed by atoms with Gasteiger partial charge in [0.1, 0.15) is 23.0 Å². The number of carbonyl (C=O) groups excluding carboxylic acids is 2. The van der Waals surface area contributed by atoms with Gasteiger partial charge in [-0.15, -0.1) is 0 Å². The first kappa shape index (κ1) is 35.5. The molecular formula is C42H50O5. The van der Waals surface area contributed by atoms with Gasteiger partial charge in [0.15, 0.2) is 0 Å². The van der Waals surface area contributed by atoms with E-state index < -0.39 is 11.9 Å². The maximum Gasteiger partial charge on any atom is 0.343 e. The second-order valence-corrected chi connectivity index (χ2v) is 16.4. The molecule has 0 aromatic heterocycles. The summed E-state index contributed by atoms with van der Waals surface area (Å²) in [5.74, 6) is 1.20. The topological polar surface area (TPSA) is 61.8 Å². The first-order valence-electron chi connectivity index (χ1n) is 16.2. The molecule has 5 nitrogen and oxygen atoms in total. The fourth-order valence-corrected chi connectivity index (χ4v) is 4.84. The van der Waals surface area contributed by atoms with Gasteiger partial charge < -0.3 is 14.2 Å². The van der Waals surface area contributed by atoms with Crippen LogP contribution in [0.1, 0.15) is 126 Å². The van der Waals surface area contributed by atoms with Gasteiger partial charge in [0.25, 0.3) is 0 Å². The van der Waals surface area contributed by atoms with E-state index >= 15 is 0 Å². The highest BCUT2D eigenvalue weighted by atomic mass is 16.5. The van der Waals surface area contributed by atoms with Gasteiger partial charge in [-0.2, -0.15) is 0 Å². The smallest absolute Gasteiger partial charge is 0.343 e. The third kappa shape index (κ3) is 9.34. The van der Waals surface area contributed by atoms with Crippen molar-refractivity contribution in [1.82, 2.24) is 0 Å². The molecule has 0 bridgehead atoms. The molecule has 5 heteroatoms. The predicted molar refractivity (Wildman–Crippen MR) is 191 cm³/mol. The molecule has 0 amide bonds. The van der Waals surface area contributed by atoms with E-state index in [-0.39, 0.29) is 21.7 Å². The van der Waals surface area contributed by atoms with E-state index in [1.54, 1.807) is 48.5 Å². The number of hydrogen-bond donors (Lipinski definition) is 0. The van der Waals surface area contributed by atoms with Crippen LogP contribution in [0.15, 0.2) is 84.9 Å². The monoisotopic (exact) mass is 634 g/mol. The molecule has 0 heterocycles. The number of ether oxygens (including phenoxy) is 3. The van der Waals surface area contributed by atoms with E-state index in [0.29, 0.717) is 34.1 Å². The lowest BCUT2D eigenvalue weighted by Gasteiger charge is -2.25. The molecule has 4 rings (SSSR count). The fraction of sp³-hybridized carbons (Fsp3) is 0.381. The Morgan fingerprint density at radius 3 is 0.851 bits per heavy atom. The molecule has 0 saturated carbocycles. The van der Waals surface area contributed by atoms with Crippen LogP contribution in [0.4, 0.5) is 0 Å². The number of benzene rings is 4.